The fourth-order valence-corrected chi connectivity index (χ4v) is 6.35. The summed E-state index contributed by atoms with van der Waals surface area (Å²) in [5, 5.41) is 13.3. The van der Waals surface area contributed by atoms with Gasteiger partial charge in [0.15, 0.2) is 0 Å². The fraction of sp³-hybridized carbons (Fsp3) is 0.323. The van der Waals surface area contributed by atoms with Crippen LogP contribution in [0.15, 0.2) is 58.5 Å². The molecule has 0 saturated carbocycles. The Hall–Kier alpha value is -4.86. The lowest BCUT2D eigenvalue weighted by Gasteiger charge is -2.27. The van der Waals surface area contributed by atoms with Crippen LogP contribution in [0.25, 0.3) is 0 Å². The molecule has 1 aromatic heterocycles. The zero-order chi connectivity index (χ0) is 32.2. The smallest absolute Gasteiger partial charge is 0.288 e. The van der Waals surface area contributed by atoms with Crippen molar-refractivity contribution in [3.63, 3.8) is 0 Å². The van der Waals surface area contributed by atoms with Crippen molar-refractivity contribution < 1.29 is 43.0 Å². The molecule has 1 N–H and O–H groups in total. The molecule has 6 rings (SSSR count). The number of fused-ring (bicyclic) bond motifs is 3. The normalized spacial score (nSPS) is 16.9. The van der Waals surface area contributed by atoms with Gasteiger partial charge in [0.2, 0.25) is 11.8 Å². The number of benzene rings is 2. The third kappa shape index (κ3) is 6.71. The predicted molar refractivity (Wildman–Crippen MR) is 160 cm³/mol. The molecule has 3 aromatic rings. The summed E-state index contributed by atoms with van der Waals surface area (Å²) in [5.74, 6) is -1.21. The number of carbonyl (C=O) groups is 4. The molecule has 46 heavy (non-hydrogen) atoms. The van der Waals surface area contributed by atoms with Crippen molar-refractivity contribution in [3.05, 3.63) is 81.2 Å². The lowest BCUT2D eigenvalue weighted by Crippen LogP contribution is -2.54. The number of piperidine rings is 1. The number of rotatable bonds is 13. The average molecular weight is 649 g/mol. The van der Waals surface area contributed by atoms with Crippen LogP contribution in [0.3, 0.4) is 0 Å². The van der Waals surface area contributed by atoms with Gasteiger partial charge in [-0.3, -0.25) is 44.5 Å². The Morgan fingerprint density at radius 3 is 2.26 bits per heavy atom. The number of carbonyl (C=O) groups excluding carboxylic acids is 4. The molecule has 4 amide bonds. The minimum absolute atomic E-state index is 0.0344. The van der Waals surface area contributed by atoms with E-state index in [9.17, 15) is 29.3 Å². The molecule has 1 atom stereocenters. The van der Waals surface area contributed by atoms with Gasteiger partial charge in [-0.25, -0.2) is 0 Å². The van der Waals surface area contributed by atoms with Gasteiger partial charge in [-0.1, -0.05) is 17.8 Å². The Morgan fingerprint density at radius 1 is 0.870 bits per heavy atom. The Labute approximate surface area is 266 Å². The molecule has 238 valence electrons. The molecule has 3 aliphatic heterocycles. The number of hydrogen-bond acceptors (Lipinski definition) is 12. The number of nitrogens with zero attached hydrogens (tertiary/aromatic N) is 3. The molecule has 4 heterocycles. The summed E-state index contributed by atoms with van der Waals surface area (Å²) in [5.41, 5.74) is 2.19. The lowest BCUT2D eigenvalue weighted by atomic mass is 10.0. The van der Waals surface area contributed by atoms with E-state index in [4.69, 9.17) is 18.9 Å². The number of imide groups is 2. The molecule has 0 aliphatic carbocycles. The van der Waals surface area contributed by atoms with Gasteiger partial charge in [0.05, 0.1) is 48.2 Å². The summed E-state index contributed by atoms with van der Waals surface area (Å²) in [7, 11) is 0. The van der Waals surface area contributed by atoms with Crippen molar-refractivity contribution >= 4 is 41.1 Å². The third-order valence-corrected chi connectivity index (χ3v) is 8.69. The maximum absolute atomic E-state index is 12.9. The number of pyridine rings is 1. The summed E-state index contributed by atoms with van der Waals surface area (Å²) in [6.07, 6.45) is 2.03. The molecule has 1 saturated heterocycles. The molecule has 2 aromatic carbocycles. The standard InChI is InChI=1S/C31H28N4O10S/c36-28-6-5-25(29(37)33-28)34-30(38)22-4-3-20(15-23(22)31(34)39)44-11-9-42-7-8-43-10-12-45-21-2-1-18-13-24-27(46-26(18)16-21)14-19(17-32-24)35(40)41/h1-4,14-17,25H,5-13H2,(H,33,36,37). The molecule has 1 fully saturated rings. The van der Waals surface area contributed by atoms with Crippen LogP contribution in [0, 0.1) is 10.1 Å². The number of hydrogen-bond donors (Lipinski definition) is 1. The van der Waals surface area contributed by atoms with E-state index in [1.807, 2.05) is 18.2 Å². The van der Waals surface area contributed by atoms with Crippen molar-refractivity contribution in [3.8, 4) is 11.5 Å². The second-order valence-electron chi connectivity index (χ2n) is 10.5. The molecule has 15 heteroatoms. The zero-order valence-corrected chi connectivity index (χ0v) is 25.2. The molecule has 14 nitrogen and oxygen atoms in total. The van der Waals surface area contributed by atoms with Crippen molar-refractivity contribution in [2.24, 2.45) is 0 Å². The second kappa shape index (κ2) is 13.6. The van der Waals surface area contributed by atoms with Crippen molar-refractivity contribution in [1.29, 1.82) is 0 Å². The molecule has 0 bridgehead atoms. The average Bonchev–Trinajstić information content (AvgIpc) is 3.29. The van der Waals surface area contributed by atoms with Crippen LogP contribution >= 0.6 is 11.8 Å². The SMILES string of the molecule is O=C1CCC(N2C(=O)c3ccc(OCCOCCOCCOc4ccc5c(c4)Sc4cc([N+](=O)[O-])cnc4C5)cc3C2=O)C(=O)N1. The van der Waals surface area contributed by atoms with Crippen molar-refractivity contribution in [1.82, 2.24) is 15.2 Å². The number of nitrogens with one attached hydrogen (secondary N) is 1. The summed E-state index contributed by atoms with van der Waals surface area (Å²) in [6, 6.07) is 10.8. The molecule has 0 spiro atoms. The van der Waals surface area contributed by atoms with Crippen LogP contribution < -0.4 is 14.8 Å². The maximum atomic E-state index is 12.9. The van der Waals surface area contributed by atoms with E-state index < -0.39 is 34.6 Å². The highest BCUT2D eigenvalue weighted by atomic mass is 32.2. The van der Waals surface area contributed by atoms with E-state index in [1.54, 1.807) is 12.1 Å². The second-order valence-corrected chi connectivity index (χ2v) is 11.6. The highest BCUT2D eigenvalue weighted by molar-refractivity contribution is 7.99. The number of ether oxygens (including phenoxy) is 4. The maximum Gasteiger partial charge on any atom is 0.288 e. The van der Waals surface area contributed by atoms with Gasteiger partial charge in [-0.15, -0.1) is 0 Å². The Kier molecular flexibility index (Phi) is 9.23. The van der Waals surface area contributed by atoms with E-state index in [-0.39, 0.29) is 42.9 Å². The third-order valence-electron chi connectivity index (χ3n) is 7.52. The van der Waals surface area contributed by atoms with Gasteiger partial charge < -0.3 is 18.9 Å². The van der Waals surface area contributed by atoms with E-state index in [2.05, 4.69) is 10.3 Å². The minimum atomic E-state index is -1.02. The van der Waals surface area contributed by atoms with Crippen LogP contribution in [0.2, 0.25) is 0 Å². The van der Waals surface area contributed by atoms with Crippen molar-refractivity contribution in [2.75, 3.05) is 39.6 Å². The van der Waals surface area contributed by atoms with Gasteiger partial charge in [-0.05, 0) is 42.3 Å². The molecular weight excluding hydrogens is 620 g/mol. The summed E-state index contributed by atoms with van der Waals surface area (Å²) >= 11 is 1.44. The van der Waals surface area contributed by atoms with Gasteiger partial charge in [-0.2, -0.15) is 0 Å². The van der Waals surface area contributed by atoms with Gasteiger partial charge in [0, 0.05) is 28.7 Å². The van der Waals surface area contributed by atoms with Crippen LogP contribution in [-0.4, -0.2) is 84.1 Å². The van der Waals surface area contributed by atoms with Crippen molar-refractivity contribution in [2.45, 2.75) is 35.1 Å². The predicted octanol–water partition coefficient (Wildman–Crippen LogP) is 2.94. The monoisotopic (exact) mass is 648 g/mol. The van der Waals surface area contributed by atoms with Crippen LogP contribution in [0.1, 0.15) is 44.8 Å². The first kappa shape index (κ1) is 31.1. The Morgan fingerprint density at radius 2 is 1.54 bits per heavy atom. The lowest BCUT2D eigenvalue weighted by molar-refractivity contribution is -0.385. The highest BCUT2D eigenvalue weighted by Gasteiger charge is 2.44. The minimum Gasteiger partial charge on any atom is -0.491 e. The zero-order valence-electron chi connectivity index (χ0n) is 24.4. The summed E-state index contributed by atoms with van der Waals surface area (Å²) < 4.78 is 22.6. The number of amides is 4. The summed E-state index contributed by atoms with van der Waals surface area (Å²) in [4.78, 5) is 66.9. The largest absolute Gasteiger partial charge is 0.491 e. The topological polar surface area (TPSA) is 177 Å². The Bertz CT molecular complexity index is 1730. The van der Waals surface area contributed by atoms with Gasteiger partial charge in [0.1, 0.15) is 37.0 Å². The fourth-order valence-electron chi connectivity index (χ4n) is 5.25. The highest BCUT2D eigenvalue weighted by Crippen LogP contribution is 2.41. The quantitative estimate of drug-likeness (QED) is 0.0972. The first-order valence-electron chi connectivity index (χ1n) is 14.5. The van der Waals surface area contributed by atoms with Crippen LogP contribution in [-0.2, 0) is 25.5 Å². The molecule has 3 aliphatic rings. The summed E-state index contributed by atoms with van der Waals surface area (Å²) in [6.45, 7) is 1.82. The van der Waals surface area contributed by atoms with E-state index in [0.717, 1.165) is 25.9 Å². The van der Waals surface area contributed by atoms with E-state index in [1.165, 1.54) is 30.1 Å². The van der Waals surface area contributed by atoms with E-state index >= 15 is 0 Å². The first-order chi connectivity index (χ1) is 22.3. The van der Waals surface area contributed by atoms with Gasteiger partial charge >= 0.3 is 0 Å². The number of nitro groups is 1. The number of aromatic nitrogens is 1. The van der Waals surface area contributed by atoms with Crippen LogP contribution in [0.4, 0.5) is 5.69 Å². The van der Waals surface area contributed by atoms with E-state index in [0.29, 0.717) is 44.3 Å². The molecule has 1 unspecified atom stereocenters. The first-order valence-corrected chi connectivity index (χ1v) is 15.3. The Balaban J connectivity index is 0.868. The molecule has 0 radical (unpaired) electrons. The van der Waals surface area contributed by atoms with Crippen LogP contribution in [0.5, 0.6) is 11.5 Å². The molecular formula is C31H28N4O10S. The van der Waals surface area contributed by atoms with Gasteiger partial charge in [0.25, 0.3) is 17.5 Å².